The van der Waals surface area contributed by atoms with Gasteiger partial charge in [0.25, 0.3) is 11.5 Å². The van der Waals surface area contributed by atoms with Crippen LogP contribution in [0.15, 0.2) is 41.3 Å². The van der Waals surface area contributed by atoms with Gasteiger partial charge in [-0.1, -0.05) is 0 Å². The molecule has 3 aromatic rings. The summed E-state index contributed by atoms with van der Waals surface area (Å²) >= 11 is 0. The van der Waals surface area contributed by atoms with Gasteiger partial charge in [0.1, 0.15) is 11.3 Å². The third-order valence-electron chi connectivity index (χ3n) is 4.60. The van der Waals surface area contributed by atoms with E-state index in [0.29, 0.717) is 30.2 Å². The average molecular weight is 381 g/mol. The van der Waals surface area contributed by atoms with Gasteiger partial charge in [0, 0.05) is 30.8 Å². The summed E-state index contributed by atoms with van der Waals surface area (Å²) in [4.78, 5) is 30.0. The fourth-order valence-corrected chi connectivity index (χ4v) is 3.15. The molecule has 7 heteroatoms. The zero-order valence-electron chi connectivity index (χ0n) is 16.4. The first kappa shape index (κ1) is 19.6. The second-order valence-corrected chi connectivity index (χ2v) is 6.53. The van der Waals surface area contributed by atoms with Gasteiger partial charge < -0.3 is 19.4 Å². The lowest BCUT2D eigenvalue weighted by molar-refractivity contribution is 0.102. The number of nitrogens with zero attached hydrogens (tertiary/aromatic N) is 2. The minimum Gasteiger partial charge on any atom is -0.497 e. The van der Waals surface area contributed by atoms with Crippen molar-refractivity contribution in [2.45, 2.75) is 20.4 Å². The molecule has 2 heterocycles. The molecule has 28 heavy (non-hydrogen) atoms. The summed E-state index contributed by atoms with van der Waals surface area (Å²) in [7, 11) is 3.17. The van der Waals surface area contributed by atoms with Gasteiger partial charge >= 0.3 is 0 Å². The summed E-state index contributed by atoms with van der Waals surface area (Å²) in [5.41, 5.74) is 2.49. The Morgan fingerprint density at radius 1 is 1.18 bits per heavy atom. The van der Waals surface area contributed by atoms with Crippen molar-refractivity contribution in [2.24, 2.45) is 0 Å². The first-order valence-corrected chi connectivity index (χ1v) is 8.89. The van der Waals surface area contributed by atoms with Gasteiger partial charge in [-0.05, 0) is 43.7 Å². The predicted octanol–water partition coefficient (Wildman–Crippen LogP) is 2.92. The lowest BCUT2D eigenvalue weighted by Crippen LogP contribution is -2.32. The van der Waals surface area contributed by atoms with Crippen LogP contribution in [-0.2, 0) is 11.3 Å². The number of pyridine rings is 2. The molecule has 2 aromatic heterocycles. The molecule has 0 fully saturated rings. The van der Waals surface area contributed by atoms with E-state index in [-0.39, 0.29) is 11.1 Å². The Kier molecular flexibility index (Phi) is 5.75. The molecule has 0 aliphatic heterocycles. The highest BCUT2D eigenvalue weighted by Crippen LogP contribution is 2.22. The fourth-order valence-electron chi connectivity index (χ4n) is 3.15. The molecule has 1 amide bonds. The van der Waals surface area contributed by atoms with E-state index in [1.54, 1.807) is 31.9 Å². The Bertz CT molecular complexity index is 1090. The standard InChI is InChI=1S/C21H23N3O4/c1-13-9-14(2)24(7-8-27-3)21(26)19(13)20(25)23-16-10-15-5-6-17(28-4)11-18(15)22-12-16/h5-6,9-12H,7-8H2,1-4H3,(H,23,25). The Morgan fingerprint density at radius 2 is 1.96 bits per heavy atom. The summed E-state index contributed by atoms with van der Waals surface area (Å²) < 4.78 is 11.8. The first-order valence-electron chi connectivity index (χ1n) is 8.89. The smallest absolute Gasteiger partial charge is 0.263 e. The van der Waals surface area contributed by atoms with E-state index in [0.717, 1.165) is 16.6 Å². The number of hydrogen-bond acceptors (Lipinski definition) is 5. The van der Waals surface area contributed by atoms with Gasteiger partial charge in [-0.15, -0.1) is 0 Å². The number of nitrogens with one attached hydrogen (secondary N) is 1. The van der Waals surface area contributed by atoms with E-state index >= 15 is 0 Å². The Morgan fingerprint density at radius 3 is 2.68 bits per heavy atom. The number of carbonyl (C=O) groups excluding carboxylic acids is 1. The molecule has 0 bridgehead atoms. The third-order valence-corrected chi connectivity index (χ3v) is 4.60. The number of ether oxygens (including phenoxy) is 2. The van der Waals surface area contributed by atoms with E-state index in [2.05, 4.69) is 10.3 Å². The Balaban J connectivity index is 1.92. The van der Waals surface area contributed by atoms with Crippen molar-refractivity contribution in [1.82, 2.24) is 9.55 Å². The lowest BCUT2D eigenvalue weighted by Gasteiger charge is -2.14. The number of carbonyl (C=O) groups is 1. The molecule has 0 atom stereocenters. The van der Waals surface area contributed by atoms with Crippen LogP contribution in [0, 0.1) is 13.8 Å². The largest absolute Gasteiger partial charge is 0.497 e. The molecule has 0 unspecified atom stereocenters. The van der Waals surface area contributed by atoms with Crippen LogP contribution in [0.4, 0.5) is 5.69 Å². The van der Waals surface area contributed by atoms with Crippen molar-refractivity contribution < 1.29 is 14.3 Å². The predicted molar refractivity (Wildman–Crippen MR) is 108 cm³/mol. The van der Waals surface area contributed by atoms with Crippen molar-refractivity contribution >= 4 is 22.5 Å². The van der Waals surface area contributed by atoms with Crippen LogP contribution < -0.4 is 15.6 Å². The lowest BCUT2D eigenvalue weighted by atomic mass is 10.1. The number of amides is 1. The van der Waals surface area contributed by atoms with Crippen LogP contribution >= 0.6 is 0 Å². The molecule has 0 saturated carbocycles. The molecule has 0 spiro atoms. The number of aryl methyl sites for hydroxylation is 2. The van der Waals surface area contributed by atoms with Crippen molar-refractivity contribution in [1.29, 1.82) is 0 Å². The number of methoxy groups -OCH3 is 2. The van der Waals surface area contributed by atoms with Crippen molar-refractivity contribution in [3.05, 3.63) is 63.7 Å². The average Bonchev–Trinajstić information content (AvgIpc) is 2.67. The van der Waals surface area contributed by atoms with Crippen LogP contribution in [0.2, 0.25) is 0 Å². The zero-order valence-corrected chi connectivity index (χ0v) is 16.4. The Hall–Kier alpha value is -3.19. The highest BCUT2D eigenvalue weighted by atomic mass is 16.5. The molecule has 3 rings (SSSR count). The maximum Gasteiger partial charge on any atom is 0.263 e. The van der Waals surface area contributed by atoms with Gasteiger partial charge in [-0.3, -0.25) is 14.6 Å². The Labute approximate surface area is 162 Å². The van der Waals surface area contributed by atoms with E-state index in [1.807, 2.05) is 37.3 Å². The van der Waals surface area contributed by atoms with Crippen LogP contribution in [0.5, 0.6) is 5.75 Å². The minimum absolute atomic E-state index is 0.122. The normalized spacial score (nSPS) is 10.9. The summed E-state index contributed by atoms with van der Waals surface area (Å²) in [6, 6.07) is 9.16. The molecule has 7 nitrogen and oxygen atoms in total. The van der Waals surface area contributed by atoms with E-state index in [1.165, 1.54) is 0 Å². The molecule has 146 valence electrons. The summed E-state index contributed by atoms with van der Waals surface area (Å²) in [6.07, 6.45) is 1.56. The van der Waals surface area contributed by atoms with Gasteiger partial charge in [-0.2, -0.15) is 0 Å². The zero-order chi connectivity index (χ0) is 20.3. The van der Waals surface area contributed by atoms with E-state index in [4.69, 9.17) is 9.47 Å². The summed E-state index contributed by atoms with van der Waals surface area (Å²) in [6.45, 7) is 4.38. The molecule has 1 N–H and O–H groups in total. The maximum absolute atomic E-state index is 12.8. The minimum atomic E-state index is -0.455. The molecular formula is C21H23N3O4. The third kappa shape index (κ3) is 3.89. The van der Waals surface area contributed by atoms with Crippen molar-refractivity contribution in [3.8, 4) is 5.75 Å². The number of benzene rings is 1. The quantitative estimate of drug-likeness (QED) is 0.710. The topological polar surface area (TPSA) is 82.4 Å². The first-order chi connectivity index (χ1) is 13.4. The number of rotatable bonds is 6. The number of hydrogen-bond donors (Lipinski definition) is 1. The molecule has 0 radical (unpaired) electrons. The van der Waals surface area contributed by atoms with Gasteiger partial charge in [-0.25, -0.2) is 0 Å². The monoisotopic (exact) mass is 381 g/mol. The van der Waals surface area contributed by atoms with E-state index < -0.39 is 5.91 Å². The molecular weight excluding hydrogens is 358 g/mol. The molecule has 1 aromatic carbocycles. The van der Waals surface area contributed by atoms with Crippen molar-refractivity contribution in [3.63, 3.8) is 0 Å². The van der Waals surface area contributed by atoms with Crippen LogP contribution in [-0.4, -0.2) is 36.3 Å². The van der Waals surface area contributed by atoms with Crippen LogP contribution in [0.25, 0.3) is 10.9 Å². The van der Waals surface area contributed by atoms with Crippen molar-refractivity contribution in [2.75, 3.05) is 26.1 Å². The van der Waals surface area contributed by atoms with Gasteiger partial charge in [0.05, 0.1) is 31.1 Å². The number of fused-ring (bicyclic) bond motifs is 1. The highest BCUT2D eigenvalue weighted by Gasteiger charge is 2.18. The van der Waals surface area contributed by atoms with Crippen LogP contribution in [0.1, 0.15) is 21.6 Å². The maximum atomic E-state index is 12.8. The molecule has 0 aliphatic carbocycles. The second kappa shape index (κ2) is 8.22. The second-order valence-electron chi connectivity index (χ2n) is 6.53. The number of anilines is 1. The van der Waals surface area contributed by atoms with Gasteiger partial charge in [0.2, 0.25) is 0 Å². The molecule has 0 saturated heterocycles. The van der Waals surface area contributed by atoms with E-state index in [9.17, 15) is 9.59 Å². The molecule has 0 aliphatic rings. The highest BCUT2D eigenvalue weighted by molar-refractivity contribution is 6.05. The summed E-state index contributed by atoms with van der Waals surface area (Å²) in [5, 5.41) is 3.64. The van der Waals surface area contributed by atoms with Gasteiger partial charge in [0.15, 0.2) is 0 Å². The van der Waals surface area contributed by atoms with Crippen LogP contribution in [0.3, 0.4) is 0 Å². The number of aromatic nitrogens is 2. The summed E-state index contributed by atoms with van der Waals surface area (Å²) in [5.74, 6) is 0.256. The SMILES string of the molecule is COCCn1c(C)cc(C)c(C(=O)Nc2cnc3cc(OC)ccc3c2)c1=O. The fraction of sp³-hybridized carbons (Fsp3) is 0.286.